The largest absolute Gasteiger partial charge is 0.379 e. The summed E-state index contributed by atoms with van der Waals surface area (Å²) in [6, 6.07) is 6.90. The average molecular weight is 393 g/mol. The Hall–Kier alpha value is -1.41. The summed E-state index contributed by atoms with van der Waals surface area (Å²) in [5.74, 6) is 1.33. The Balaban J connectivity index is 1.54. The van der Waals surface area contributed by atoms with Crippen molar-refractivity contribution in [3.63, 3.8) is 0 Å². The lowest BCUT2D eigenvalue weighted by Gasteiger charge is -2.34. The maximum absolute atomic E-state index is 5.52. The van der Waals surface area contributed by atoms with Gasteiger partial charge in [-0.05, 0) is 39.8 Å². The topological polar surface area (TPSA) is 48.9 Å². The molecule has 2 aromatic rings. The van der Waals surface area contributed by atoms with Crippen LogP contribution in [0.5, 0.6) is 0 Å². The van der Waals surface area contributed by atoms with Crippen molar-refractivity contribution in [2.24, 2.45) is 4.99 Å². The minimum absolute atomic E-state index is 0.353. The molecular weight excluding hydrogens is 364 g/mol. The van der Waals surface area contributed by atoms with Gasteiger partial charge in [0.25, 0.3) is 0 Å². The quantitative estimate of drug-likeness (QED) is 0.561. The minimum atomic E-state index is 0.353. The van der Waals surface area contributed by atoms with E-state index in [2.05, 4.69) is 61.8 Å². The van der Waals surface area contributed by atoms with Crippen LogP contribution in [0.2, 0.25) is 0 Å². The van der Waals surface area contributed by atoms with Gasteiger partial charge in [0.15, 0.2) is 5.96 Å². The van der Waals surface area contributed by atoms with Crippen LogP contribution < -0.4 is 10.6 Å². The van der Waals surface area contributed by atoms with E-state index >= 15 is 0 Å². The van der Waals surface area contributed by atoms with E-state index in [0.717, 1.165) is 45.4 Å². The molecule has 142 valence electrons. The SMILES string of the molecule is CN=C(NCC(C)c1ccsc1)NCC(c1cccs1)N1CCOCC1. The highest BCUT2D eigenvalue weighted by Gasteiger charge is 2.23. The molecule has 2 atom stereocenters. The number of nitrogens with zero attached hydrogens (tertiary/aromatic N) is 2. The summed E-state index contributed by atoms with van der Waals surface area (Å²) in [7, 11) is 1.83. The third-order valence-electron chi connectivity index (χ3n) is 4.73. The van der Waals surface area contributed by atoms with Crippen LogP contribution in [0.1, 0.15) is 29.3 Å². The first-order valence-electron chi connectivity index (χ1n) is 9.09. The van der Waals surface area contributed by atoms with Gasteiger partial charge in [0, 0.05) is 38.1 Å². The molecule has 1 aliphatic heterocycles. The van der Waals surface area contributed by atoms with Gasteiger partial charge in [0.2, 0.25) is 0 Å². The molecule has 1 aliphatic rings. The second-order valence-corrected chi connectivity index (χ2v) is 8.23. The number of nitrogens with one attached hydrogen (secondary N) is 2. The van der Waals surface area contributed by atoms with E-state index in [4.69, 9.17) is 4.74 Å². The molecule has 1 saturated heterocycles. The summed E-state index contributed by atoms with van der Waals surface area (Å²) < 4.78 is 5.52. The molecule has 3 heterocycles. The third kappa shape index (κ3) is 5.30. The van der Waals surface area contributed by atoms with Crippen LogP contribution >= 0.6 is 22.7 Å². The van der Waals surface area contributed by atoms with Crippen molar-refractivity contribution < 1.29 is 4.74 Å². The van der Waals surface area contributed by atoms with Crippen molar-refractivity contribution >= 4 is 28.6 Å². The Morgan fingerprint density at radius 1 is 1.23 bits per heavy atom. The van der Waals surface area contributed by atoms with Crippen molar-refractivity contribution in [2.45, 2.75) is 18.9 Å². The smallest absolute Gasteiger partial charge is 0.191 e. The third-order valence-corrected chi connectivity index (χ3v) is 6.41. The van der Waals surface area contributed by atoms with Gasteiger partial charge < -0.3 is 15.4 Å². The van der Waals surface area contributed by atoms with E-state index in [1.807, 2.05) is 18.4 Å². The first kappa shape index (κ1) is 19.4. The van der Waals surface area contributed by atoms with Crippen molar-refractivity contribution in [3.05, 3.63) is 44.8 Å². The Kier molecular flexibility index (Phi) is 7.49. The van der Waals surface area contributed by atoms with Crippen molar-refractivity contribution in [1.82, 2.24) is 15.5 Å². The number of rotatable bonds is 7. The molecule has 26 heavy (non-hydrogen) atoms. The molecule has 7 heteroatoms. The lowest BCUT2D eigenvalue weighted by Crippen LogP contribution is -2.46. The number of aliphatic imine (C=N–C) groups is 1. The zero-order valence-electron chi connectivity index (χ0n) is 15.5. The number of guanidine groups is 1. The molecule has 0 bridgehead atoms. The van der Waals surface area contributed by atoms with E-state index < -0.39 is 0 Å². The zero-order chi connectivity index (χ0) is 18.2. The second kappa shape index (κ2) is 10.1. The highest BCUT2D eigenvalue weighted by molar-refractivity contribution is 7.10. The molecule has 0 saturated carbocycles. The predicted molar refractivity (Wildman–Crippen MR) is 112 cm³/mol. The molecule has 5 nitrogen and oxygen atoms in total. The fourth-order valence-electron chi connectivity index (χ4n) is 3.12. The first-order chi connectivity index (χ1) is 12.8. The standard InChI is InChI=1S/C19H28N4OS2/c1-15(16-5-11-25-14-16)12-21-19(20-2)22-13-17(18-4-3-10-26-18)23-6-8-24-9-7-23/h3-5,10-11,14-15,17H,6-9,12-13H2,1-2H3,(H2,20,21,22). The van der Waals surface area contributed by atoms with Gasteiger partial charge in [-0.3, -0.25) is 9.89 Å². The second-order valence-electron chi connectivity index (χ2n) is 6.47. The summed E-state index contributed by atoms with van der Waals surface area (Å²) in [4.78, 5) is 8.29. The molecule has 1 fully saturated rings. The molecule has 0 spiro atoms. The summed E-state index contributed by atoms with van der Waals surface area (Å²) >= 11 is 3.57. The van der Waals surface area contributed by atoms with Crippen molar-refractivity contribution in [2.75, 3.05) is 46.4 Å². The molecule has 3 rings (SSSR count). The number of hydrogen-bond acceptors (Lipinski definition) is 5. The van der Waals surface area contributed by atoms with E-state index in [1.54, 1.807) is 11.3 Å². The number of hydrogen-bond donors (Lipinski definition) is 2. The van der Waals surface area contributed by atoms with E-state index in [0.29, 0.717) is 12.0 Å². The maximum Gasteiger partial charge on any atom is 0.191 e. The molecule has 2 aromatic heterocycles. The molecule has 0 amide bonds. The number of ether oxygens (including phenoxy) is 1. The molecular formula is C19H28N4OS2. The van der Waals surface area contributed by atoms with Crippen LogP contribution in [-0.2, 0) is 4.74 Å². The van der Waals surface area contributed by atoms with Gasteiger partial charge in [-0.1, -0.05) is 13.0 Å². The Morgan fingerprint density at radius 3 is 2.69 bits per heavy atom. The van der Waals surface area contributed by atoms with Crippen LogP contribution in [0.4, 0.5) is 0 Å². The highest BCUT2D eigenvalue weighted by Crippen LogP contribution is 2.25. The maximum atomic E-state index is 5.52. The molecule has 0 radical (unpaired) electrons. The monoisotopic (exact) mass is 392 g/mol. The summed E-state index contributed by atoms with van der Waals surface area (Å²) in [6.45, 7) is 7.53. The van der Waals surface area contributed by atoms with Crippen LogP contribution in [0.25, 0.3) is 0 Å². The van der Waals surface area contributed by atoms with E-state index in [-0.39, 0.29) is 0 Å². The van der Waals surface area contributed by atoms with Crippen LogP contribution in [0, 0.1) is 0 Å². The van der Waals surface area contributed by atoms with Gasteiger partial charge in [-0.15, -0.1) is 11.3 Å². The molecule has 0 aromatic carbocycles. The van der Waals surface area contributed by atoms with Crippen LogP contribution in [0.3, 0.4) is 0 Å². The molecule has 2 unspecified atom stereocenters. The zero-order valence-corrected chi connectivity index (χ0v) is 17.1. The van der Waals surface area contributed by atoms with E-state index in [1.165, 1.54) is 10.4 Å². The van der Waals surface area contributed by atoms with Crippen molar-refractivity contribution in [1.29, 1.82) is 0 Å². The summed E-state index contributed by atoms with van der Waals surface area (Å²) in [5, 5.41) is 13.5. The van der Waals surface area contributed by atoms with Gasteiger partial charge in [0.05, 0.1) is 19.3 Å². The number of morpholine rings is 1. The van der Waals surface area contributed by atoms with Crippen LogP contribution in [-0.4, -0.2) is 57.3 Å². The van der Waals surface area contributed by atoms with Crippen molar-refractivity contribution in [3.8, 4) is 0 Å². The first-order valence-corrected chi connectivity index (χ1v) is 10.9. The van der Waals surface area contributed by atoms with Gasteiger partial charge in [-0.2, -0.15) is 11.3 Å². The average Bonchev–Trinajstić information content (AvgIpc) is 3.39. The Labute approximate surface area is 164 Å². The number of thiophene rings is 2. The highest BCUT2D eigenvalue weighted by atomic mass is 32.1. The Morgan fingerprint density at radius 2 is 2.04 bits per heavy atom. The summed E-state index contributed by atoms with van der Waals surface area (Å²) in [5.41, 5.74) is 1.38. The minimum Gasteiger partial charge on any atom is -0.379 e. The fourth-order valence-corrected chi connectivity index (χ4v) is 4.76. The molecule has 2 N–H and O–H groups in total. The summed E-state index contributed by atoms with van der Waals surface area (Å²) in [6.07, 6.45) is 0. The lowest BCUT2D eigenvalue weighted by molar-refractivity contribution is 0.0177. The normalized spacial score (nSPS) is 18.5. The van der Waals surface area contributed by atoms with E-state index in [9.17, 15) is 0 Å². The fraction of sp³-hybridized carbons (Fsp3) is 0.526. The van der Waals surface area contributed by atoms with Gasteiger partial charge >= 0.3 is 0 Å². The van der Waals surface area contributed by atoms with Gasteiger partial charge in [0.1, 0.15) is 0 Å². The predicted octanol–water partition coefficient (Wildman–Crippen LogP) is 3.15. The Bertz CT molecular complexity index is 651. The van der Waals surface area contributed by atoms with Gasteiger partial charge in [-0.25, -0.2) is 0 Å². The molecule has 0 aliphatic carbocycles. The lowest BCUT2D eigenvalue weighted by atomic mass is 10.1. The van der Waals surface area contributed by atoms with Crippen LogP contribution in [0.15, 0.2) is 39.3 Å².